The highest BCUT2D eigenvalue weighted by Crippen LogP contribution is 2.36. The summed E-state index contributed by atoms with van der Waals surface area (Å²) in [4.78, 5) is 11.8. The van der Waals surface area contributed by atoms with E-state index in [1.54, 1.807) is 12.1 Å². The molecule has 0 aliphatic rings. The van der Waals surface area contributed by atoms with Gasteiger partial charge in [-0.25, -0.2) is 4.79 Å². The van der Waals surface area contributed by atoms with Gasteiger partial charge in [0, 0.05) is 6.07 Å². The first-order valence-electron chi connectivity index (χ1n) is 11.5. The molecule has 0 fully saturated rings. The molecule has 0 amide bonds. The van der Waals surface area contributed by atoms with Gasteiger partial charge in [0.1, 0.15) is 23.7 Å². The number of rotatable bonds is 9. The van der Waals surface area contributed by atoms with Gasteiger partial charge in [-0.05, 0) is 67.7 Å². The quantitative estimate of drug-likeness (QED) is 0.388. The molecule has 2 aromatic carbocycles. The highest BCUT2D eigenvalue weighted by atomic mass is 16.6. The topological polar surface area (TPSA) is 44.8 Å². The van der Waals surface area contributed by atoms with E-state index in [9.17, 15) is 4.79 Å². The Hall–Kier alpha value is -2.49. The molecular weight excluding hydrogens is 400 g/mol. The van der Waals surface area contributed by atoms with Crippen molar-refractivity contribution in [1.29, 1.82) is 0 Å². The Morgan fingerprint density at radius 1 is 0.875 bits per heavy atom. The monoisotopic (exact) mass is 440 g/mol. The molecule has 0 heterocycles. The highest BCUT2D eigenvalue weighted by Gasteiger charge is 2.23. The molecule has 176 valence electrons. The number of ether oxygens (including phenoxy) is 3. The van der Waals surface area contributed by atoms with Gasteiger partial charge in [0.05, 0.1) is 0 Å². The smallest absolute Gasteiger partial charge is 0.344 e. The van der Waals surface area contributed by atoms with E-state index in [0.29, 0.717) is 35.4 Å². The van der Waals surface area contributed by atoms with Gasteiger partial charge in [0.2, 0.25) is 0 Å². The van der Waals surface area contributed by atoms with Crippen LogP contribution in [0.4, 0.5) is 0 Å². The molecule has 0 aliphatic heterocycles. The fraction of sp³-hybridized carbons (Fsp3) is 0.536. The van der Waals surface area contributed by atoms with Crippen molar-refractivity contribution in [3.63, 3.8) is 0 Å². The predicted molar refractivity (Wildman–Crippen MR) is 130 cm³/mol. The van der Waals surface area contributed by atoms with E-state index >= 15 is 0 Å². The molecule has 0 saturated heterocycles. The summed E-state index contributed by atoms with van der Waals surface area (Å²) in [6.45, 7) is 17.3. The van der Waals surface area contributed by atoms with Crippen LogP contribution in [0.1, 0.15) is 78.9 Å². The summed E-state index contributed by atoms with van der Waals surface area (Å²) in [5, 5.41) is 0. The summed E-state index contributed by atoms with van der Waals surface area (Å²) in [7, 11) is 0. The highest BCUT2D eigenvalue weighted by molar-refractivity contribution is 5.71. The third kappa shape index (κ3) is 9.33. The molecule has 4 heteroatoms. The molecule has 4 nitrogen and oxygen atoms in total. The van der Waals surface area contributed by atoms with Crippen molar-refractivity contribution in [2.45, 2.75) is 79.9 Å². The van der Waals surface area contributed by atoms with Crippen molar-refractivity contribution in [2.75, 3.05) is 6.61 Å². The zero-order valence-electron chi connectivity index (χ0n) is 21.0. The lowest BCUT2D eigenvalue weighted by Gasteiger charge is -2.29. The lowest BCUT2D eigenvalue weighted by molar-refractivity contribution is -0.157. The summed E-state index contributed by atoms with van der Waals surface area (Å²) in [5.74, 6) is 2.02. The molecule has 0 spiro atoms. The molecular formula is C28H40O4. The SMILES string of the molecule is CC(C)C(CC(C)(C)C)c1ccc(COc2cccc(OCC(=O)OC(C)(C)C)c2)cc1. The van der Waals surface area contributed by atoms with Gasteiger partial charge in [-0.2, -0.15) is 0 Å². The molecule has 32 heavy (non-hydrogen) atoms. The van der Waals surface area contributed by atoms with Gasteiger partial charge in [0.25, 0.3) is 0 Å². The molecule has 2 rings (SSSR count). The van der Waals surface area contributed by atoms with E-state index in [2.05, 4.69) is 58.9 Å². The van der Waals surface area contributed by atoms with Crippen LogP contribution in [0.25, 0.3) is 0 Å². The summed E-state index contributed by atoms with van der Waals surface area (Å²) in [6.07, 6.45) is 1.16. The Morgan fingerprint density at radius 2 is 1.47 bits per heavy atom. The lowest BCUT2D eigenvalue weighted by Crippen LogP contribution is -2.27. The first-order valence-corrected chi connectivity index (χ1v) is 11.5. The minimum Gasteiger partial charge on any atom is -0.489 e. The average Bonchev–Trinajstić information content (AvgIpc) is 2.68. The van der Waals surface area contributed by atoms with Gasteiger partial charge in [-0.1, -0.05) is 65.0 Å². The van der Waals surface area contributed by atoms with Crippen LogP contribution in [0.5, 0.6) is 11.5 Å². The standard InChI is InChI=1S/C28H40O4/c1-20(2)25(17-27(3,4)5)22-14-12-21(13-15-22)18-30-23-10-9-11-24(16-23)31-19-26(29)32-28(6,7)8/h9-16,20,25H,17-19H2,1-8H3. The largest absolute Gasteiger partial charge is 0.489 e. The third-order valence-electron chi connectivity index (χ3n) is 5.03. The van der Waals surface area contributed by atoms with E-state index in [-0.39, 0.29) is 6.61 Å². The maximum Gasteiger partial charge on any atom is 0.344 e. The lowest BCUT2D eigenvalue weighted by atomic mass is 9.76. The van der Waals surface area contributed by atoms with Crippen LogP contribution in [-0.4, -0.2) is 18.2 Å². The second-order valence-electron chi connectivity index (χ2n) is 11.0. The van der Waals surface area contributed by atoms with Crippen molar-refractivity contribution >= 4 is 5.97 Å². The molecule has 1 unspecified atom stereocenters. The zero-order valence-corrected chi connectivity index (χ0v) is 21.0. The summed E-state index contributed by atoms with van der Waals surface area (Å²) in [6, 6.07) is 16.1. The Kier molecular flexibility index (Phi) is 8.77. The Balaban J connectivity index is 1.93. The maximum absolute atomic E-state index is 11.8. The zero-order chi connectivity index (χ0) is 23.9. The van der Waals surface area contributed by atoms with E-state index in [0.717, 1.165) is 12.0 Å². The first kappa shape index (κ1) is 25.8. The predicted octanol–water partition coefficient (Wildman–Crippen LogP) is 7.16. The Morgan fingerprint density at radius 3 is 2.00 bits per heavy atom. The molecule has 0 radical (unpaired) electrons. The van der Waals surface area contributed by atoms with Gasteiger partial charge in [-0.15, -0.1) is 0 Å². The van der Waals surface area contributed by atoms with Gasteiger partial charge >= 0.3 is 5.97 Å². The van der Waals surface area contributed by atoms with Crippen LogP contribution in [-0.2, 0) is 16.1 Å². The molecule has 0 aromatic heterocycles. The van der Waals surface area contributed by atoms with Crippen molar-refractivity contribution < 1.29 is 19.0 Å². The number of esters is 1. The van der Waals surface area contributed by atoms with Crippen LogP contribution >= 0.6 is 0 Å². The van der Waals surface area contributed by atoms with E-state index in [1.807, 2.05) is 32.9 Å². The number of benzene rings is 2. The van der Waals surface area contributed by atoms with Crippen LogP contribution < -0.4 is 9.47 Å². The van der Waals surface area contributed by atoms with Crippen molar-refractivity contribution in [3.05, 3.63) is 59.7 Å². The number of carbonyl (C=O) groups is 1. The van der Waals surface area contributed by atoms with Crippen LogP contribution in [0.15, 0.2) is 48.5 Å². The van der Waals surface area contributed by atoms with Crippen molar-refractivity contribution in [3.8, 4) is 11.5 Å². The summed E-state index contributed by atoms with van der Waals surface area (Å²) < 4.78 is 16.8. The molecule has 2 aromatic rings. The minimum absolute atomic E-state index is 0.131. The molecule has 0 saturated carbocycles. The van der Waals surface area contributed by atoms with E-state index < -0.39 is 11.6 Å². The third-order valence-corrected chi connectivity index (χ3v) is 5.03. The fourth-order valence-electron chi connectivity index (χ4n) is 3.59. The maximum atomic E-state index is 11.8. The molecule has 1 atom stereocenters. The molecule has 0 aliphatic carbocycles. The van der Waals surface area contributed by atoms with Gasteiger partial charge in [0.15, 0.2) is 6.61 Å². The number of hydrogen-bond acceptors (Lipinski definition) is 4. The number of carbonyl (C=O) groups excluding carboxylic acids is 1. The molecule has 0 bridgehead atoms. The van der Waals surface area contributed by atoms with E-state index in [4.69, 9.17) is 14.2 Å². The normalized spacial score (nSPS) is 13.0. The van der Waals surface area contributed by atoms with Crippen molar-refractivity contribution in [2.24, 2.45) is 11.3 Å². The van der Waals surface area contributed by atoms with Crippen LogP contribution in [0.2, 0.25) is 0 Å². The van der Waals surface area contributed by atoms with Gasteiger partial charge < -0.3 is 14.2 Å². The fourth-order valence-corrected chi connectivity index (χ4v) is 3.59. The molecule has 0 N–H and O–H groups in total. The Labute approximate surface area is 194 Å². The first-order chi connectivity index (χ1) is 14.8. The van der Waals surface area contributed by atoms with Crippen LogP contribution in [0.3, 0.4) is 0 Å². The Bertz CT molecular complexity index is 854. The average molecular weight is 441 g/mol. The van der Waals surface area contributed by atoms with Crippen LogP contribution in [0, 0.1) is 11.3 Å². The summed E-state index contributed by atoms with van der Waals surface area (Å²) >= 11 is 0. The second-order valence-corrected chi connectivity index (χ2v) is 11.0. The van der Waals surface area contributed by atoms with Gasteiger partial charge in [-0.3, -0.25) is 0 Å². The van der Waals surface area contributed by atoms with E-state index in [1.165, 1.54) is 5.56 Å². The minimum atomic E-state index is -0.525. The van der Waals surface area contributed by atoms with Crippen molar-refractivity contribution in [1.82, 2.24) is 0 Å². The second kappa shape index (κ2) is 10.9. The summed E-state index contributed by atoms with van der Waals surface area (Å²) in [5.41, 5.74) is 2.28. The number of hydrogen-bond donors (Lipinski definition) is 0.